The van der Waals surface area contributed by atoms with Crippen LogP contribution in [0.3, 0.4) is 0 Å². The number of carbonyl (C=O) groups excluding carboxylic acids is 2. The van der Waals surface area contributed by atoms with Crippen molar-refractivity contribution >= 4 is 11.9 Å². The van der Waals surface area contributed by atoms with Crippen LogP contribution in [0.2, 0.25) is 0 Å². The van der Waals surface area contributed by atoms with Crippen molar-refractivity contribution in [1.29, 1.82) is 0 Å². The van der Waals surface area contributed by atoms with Gasteiger partial charge in [-0.2, -0.15) is 0 Å². The van der Waals surface area contributed by atoms with Crippen molar-refractivity contribution in [1.82, 2.24) is 0 Å². The molecule has 2 unspecified atom stereocenters. The Kier molecular flexibility index (Phi) is 7.40. The molecule has 0 amide bonds. The summed E-state index contributed by atoms with van der Waals surface area (Å²) in [7, 11) is 0. The SMILES string of the molecule is CC(C)(COCC1CO1)OC(=O)CCC(=O)OC(C)(C)COCC1CO1. The highest BCUT2D eigenvalue weighted by Gasteiger charge is 2.29. The Morgan fingerprint density at radius 2 is 1.15 bits per heavy atom. The summed E-state index contributed by atoms with van der Waals surface area (Å²) >= 11 is 0. The summed E-state index contributed by atoms with van der Waals surface area (Å²) in [6.45, 7) is 10.0. The minimum Gasteiger partial charge on any atom is -0.457 e. The van der Waals surface area contributed by atoms with E-state index >= 15 is 0 Å². The predicted molar refractivity (Wildman–Crippen MR) is 90.7 cm³/mol. The van der Waals surface area contributed by atoms with Crippen LogP contribution in [0.5, 0.6) is 0 Å². The first-order valence-corrected chi connectivity index (χ1v) is 8.98. The molecule has 26 heavy (non-hydrogen) atoms. The lowest BCUT2D eigenvalue weighted by molar-refractivity contribution is -0.169. The molecular formula is C18H30O8. The van der Waals surface area contributed by atoms with Gasteiger partial charge < -0.3 is 28.4 Å². The molecule has 0 aliphatic carbocycles. The Labute approximate surface area is 154 Å². The Morgan fingerprint density at radius 3 is 1.46 bits per heavy atom. The normalized spacial score (nSPS) is 22.0. The van der Waals surface area contributed by atoms with Gasteiger partial charge >= 0.3 is 11.9 Å². The number of rotatable bonds is 13. The molecule has 0 aromatic carbocycles. The standard InChI is InChI=1S/C18H30O8/c1-17(2,11-21-7-13-9-23-13)25-15(19)5-6-16(20)26-18(3,4)12-22-8-14-10-24-14/h13-14H,5-12H2,1-4H3. The molecule has 2 saturated heterocycles. The third-order valence-corrected chi connectivity index (χ3v) is 3.63. The Bertz CT molecular complexity index is 436. The van der Waals surface area contributed by atoms with Crippen molar-refractivity contribution in [2.24, 2.45) is 0 Å². The largest absolute Gasteiger partial charge is 0.457 e. The van der Waals surface area contributed by atoms with Crippen LogP contribution in [0, 0.1) is 0 Å². The van der Waals surface area contributed by atoms with Crippen LogP contribution in [0.4, 0.5) is 0 Å². The van der Waals surface area contributed by atoms with Gasteiger partial charge in [-0.3, -0.25) is 9.59 Å². The molecule has 0 spiro atoms. The first kappa shape index (κ1) is 21.1. The lowest BCUT2D eigenvalue weighted by Gasteiger charge is -2.26. The van der Waals surface area contributed by atoms with Gasteiger partial charge in [-0.05, 0) is 27.7 Å². The molecule has 2 atom stereocenters. The molecule has 2 rings (SSSR count). The fraction of sp³-hybridized carbons (Fsp3) is 0.889. The molecule has 0 N–H and O–H groups in total. The zero-order valence-electron chi connectivity index (χ0n) is 16.1. The zero-order valence-corrected chi connectivity index (χ0v) is 16.1. The van der Waals surface area contributed by atoms with Crippen molar-refractivity contribution in [2.45, 2.75) is 63.9 Å². The first-order chi connectivity index (χ1) is 12.2. The molecule has 0 saturated carbocycles. The first-order valence-electron chi connectivity index (χ1n) is 8.98. The number of hydrogen-bond acceptors (Lipinski definition) is 8. The average Bonchev–Trinajstić information content (AvgIpc) is 3.38. The van der Waals surface area contributed by atoms with Gasteiger partial charge in [0.25, 0.3) is 0 Å². The molecule has 0 aromatic heterocycles. The van der Waals surface area contributed by atoms with E-state index in [0.29, 0.717) is 13.2 Å². The van der Waals surface area contributed by atoms with Gasteiger partial charge in [0.15, 0.2) is 0 Å². The number of esters is 2. The van der Waals surface area contributed by atoms with E-state index in [9.17, 15) is 9.59 Å². The second-order valence-corrected chi connectivity index (χ2v) is 7.91. The molecule has 0 radical (unpaired) electrons. The maximum absolute atomic E-state index is 11.9. The van der Waals surface area contributed by atoms with E-state index in [1.54, 1.807) is 27.7 Å². The Balaban J connectivity index is 1.57. The fourth-order valence-electron chi connectivity index (χ4n) is 2.18. The van der Waals surface area contributed by atoms with Gasteiger partial charge in [0, 0.05) is 0 Å². The quantitative estimate of drug-likeness (QED) is 0.351. The maximum Gasteiger partial charge on any atom is 0.306 e. The van der Waals surface area contributed by atoms with Crippen LogP contribution in [0.25, 0.3) is 0 Å². The van der Waals surface area contributed by atoms with Crippen molar-refractivity contribution in [3.63, 3.8) is 0 Å². The Hall–Kier alpha value is -1.22. The van der Waals surface area contributed by atoms with Crippen LogP contribution >= 0.6 is 0 Å². The topological polar surface area (TPSA) is 96.1 Å². The van der Waals surface area contributed by atoms with Crippen molar-refractivity contribution in [3.8, 4) is 0 Å². The summed E-state index contributed by atoms with van der Waals surface area (Å²) in [5, 5.41) is 0. The molecule has 2 aliphatic rings. The van der Waals surface area contributed by atoms with Crippen LogP contribution in [0.15, 0.2) is 0 Å². The van der Waals surface area contributed by atoms with E-state index in [-0.39, 0.29) is 38.3 Å². The molecule has 8 heteroatoms. The predicted octanol–water partition coefficient (Wildman–Crippen LogP) is 1.24. The molecule has 8 nitrogen and oxygen atoms in total. The van der Waals surface area contributed by atoms with Gasteiger partial charge in [0.2, 0.25) is 0 Å². The lowest BCUT2D eigenvalue weighted by Crippen LogP contribution is -2.35. The van der Waals surface area contributed by atoms with E-state index in [2.05, 4.69) is 0 Å². The monoisotopic (exact) mass is 374 g/mol. The second kappa shape index (κ2) is 9.12. The van der Waals surface area contributed by atoms with Crippen LogP contribution in [-0.2, 0) is 38.0 Å². The lowest BCUT2D eigenvalue weighted by atomic mass is 10.1. The molecule has 2 aliphatic heterocycles. The Morgan fingerprint density at radius 1 is 0.808 bits per heavy atom. The third kappa shape index (κ3) is 9.47. The number of epoxide rings is 2. The van der Waals surface area contributed by atoms with Crippen LogP contribution in [-0.4, -0.2) is 75.0 Å². The van der Waals surface area contributed by atoms with E-state index < -0.39 is 23.1 Å². The minimum absolute atomic E-state index is 0.0408. The highest BCUT2D eigenvalue weighted by Crippen LogP contribution is 2.17. The highest BCUT2D eigenvalue weighted by atomic mass is 16.6. The third-order valence-electron chi connectivity index (χ3n) is 3.63. The summed E-state index contributed by atoms with van der Waals surface area (Å²) in [6, 6.07) is 0. The second-order valence-electron chi connectivity index (χ2n) is 7.91. The maximum atomic E-state index is 11.9. The molecule has 2 fully saturated rings. The molecule has 2 heterocycles. The summed E-state index contributed by atoms with van der Waals surface area (Å²) in [6.07, 6.45) is 0.252. The summed E-state index contributed by atoms with van der Waals surface area (Å²) in [4.78, 5) is 23.9. The van der Waals surface area contributed by atoms with Gasteiger partial charge in [0.1, 0.15) is 23.4 Å². The van der Waals surface area contributed by atoms with E-state index in [1.807, 2.05) is 0 Å². The van der Waals surface area contributed by atoms with Crippen molar-refractivity contribution in [2.75, 3.05) is 39.6 Å². The summed E-state index contributed by atoms with van der Waals surface area (Å²) < 4.78 is 31.7. The van der Waals surface area contributed by atoms with E-state index in [4.69, 9.17) is 28.4 Å². The summed E-state index contributed by atoms with van der Waals surface area (Å²) in [5.74, 6) is -0.920. The van der Waals surface area contributed by atoms with Crippen molar-refractivity contribution in [3.05, 3.63) is 0 Å². The van der Waals surface area contributed by atoms with Gasteiger partial charge in [0.05, 0.1) is 52.5 Å². The van der Waals surface area contributed by atoms with Crippen molar-refractivity contribution < 1.29 is 38.0 Å². The van der Waals surface area contributed by atoms with Gasteiger partial charge in [-0.1, -0.05) is 0 Å². The molecular weight excluding hydrogens is 344 g/mol. The van der Waals surface area contributed by atoms with Crippen LogP contribution < -0.4 is 0 Å². The number of ether oxygens (including phenoxy) is 6. The van der Waals surface area contributed by atoms with Gasteiger partial charge in [-0.15, -0.1) is 0 Å². The molecule has 0 bridgehead atoms. The molecule has 0 aromatic rings. The number of carbonyl (C=O) groups is 2. The number of hydrogen-bond donors (Lipinski definition) is 0. The fourth-order valence-corrected chi connectivity index (χ4v) is 2.18. The summed E-state index contributed by atoms with van der Waals surface area (Å²) in [5.41, 5.74) is -1.51. The molecule has 150 valence electrons. The average molecular weight is 374 g/mol. The van der Waals surface area contributed by atoms with Gasteiger partial charge in [-0.25, -0.2) is 0 Å². The van der Waals surface area contributed by atoms with Crippen LogP contribution in [0.1, 0.15) is 40.5 Å². The highest BCUT2D eigenvalue weighted by molar-refractivity contribution is 5.78. The van der Waals surface area contributed by atoms with E-state index in [1.165, 1.54) is 0 Å². The zero-order chi connectivity index (χ0) is 19.2. The minimum atomic E-state index is -0.756. The smallest absolute Gasteiger partial charge is 0.306 e. The van der Waals surface area contributed by atoms with E-state index in [0.717, 1.165) is 13.2 Å².